The van der Waals surface area contributed by atoms with E-state index in [0.29, 0.717) is 12.3 Å². The molecule has 1 amide bonds. The van der Waals surface area contributed by atoms with Gasteiger partial charge < -0.3 is 9.47 Å². The van der Waals surface area contributed by atoms with Gasteiger partial charge in [-0.3, -0.25) is 4.79 Å². The molecule has 3 heterocycles. The van der Waals surface area contributed by atoms with Gasteiger partial charge >= 0.3 is 5.69 Å². The van der Waals surface area contributed by atoms with Crippen molar-refractivity contribution in [2.24, 2.45) is 0 Å². The number of aromatic nitrogens is 4. The minimum Gasteiger partial charge on any atom is -0.336 e. The topological polar surface area (TPSA) is 64.5 Å². The van der Waals surface area contributed by atoms with Crippen molar-refractivity contribution in [3.05, 3.63) is 34.7 Å². The zero-order valence-corrected chi connectivity index (χ0v) is 15.6. The number of hydrogen-bond donors (Lipinski definition) is 0. The van der Waals surface area contributed by atoms with Crippen LogP contribution < -0.4 is 5.69 Å². The Morgan fingerprint density at radius 1 is 1.15 bits per heavy atom. The summed E-state index contributed by atoms with van der Waals surface area (Å²) in [5.41, 5.74) is 1.55. The summed E-state index contributed by atoms with van der Waals surface area (Å²) in [5.74, 6) is 0.561. The first-order valence-electron chi connectivity index (χ1n) is 9.41. The Hall–Kier alpha value is -2.57. The third-order valence-corrected chi connectivity index (χ3v) is 5.56. The summed E-state index contributed by atoms with van der Waals surface area (Å²) in [4.78, 5) is 27.7. The van der Waals surface area contributed by atoms with Crippen molar-refractivity contribution in [2.75, 3.05) is 0 Å². The number of para-hydroxylation sites is 2. The van der Waals surface area contributed by atoms with Gasteiger partial charge in [-0.15, -0.1) is 5.10 Å². The predicted molar refractivity (Wildman–Crippen MR) is 100 cm³/mol. The molecule has 0 bridgehead atoms. The maximum Gasteiger partial charge on any atom is 0.352 e. The average Bonchev–Trinajstić information content (AvgIpc) is 3.09. The molecule has 3 aromatic rings. The van der Waals surface area contributed by atoms with Gasteiger partial charge in [-0.1, -0.05) is 12.1 Å². The van der Waals surface area contributed by atoms with Gasteiger partial charge in [0.25, 0.3) is 0 Å². The van der Waals surface area contributed by atoms with E-state index in [0.717, 1.165) is 30.3 Å². The molecule has 7 nitrogen and oxygen atoms in total. The summed E-state index contributed by atoms with van der Waals surface area (Å²) in [6.45, 7) is 6.89. The van der Waals surface area contributed by atoms with Crippen LogP contribution in [0.15, 0.2) is 29.1 Å². The van der Waals surface area contributed by atoms with Gasteiger partial charge in [-0.2, -0.15) is 0 Å². The first-order valence-corrected chi connectivity index (χ1v) is 9.41. The Balaban J connectivity index is 1.75. The molecule has 7 heteroatoms. The summed E-state index contributed by atoms with van der Waals surface area (Å²) >= 11 is 0. The molecule has 0 aliphatic carbocycles. The molecule has 0 spiro atoms. The Morgan fingerprint density at radius 2 is 1.81 bits per heavy atom. The predicted octanol–water partition coefficient (Wildman–Crippen LogP) is 2.26. The summed E-state index contributed by atoms with van der Waals surface area (Å²) < 4.78 is 4.92. The van der Waals surface area contributed by atoms with Crippen LogP contribution in [-0.4, -0.2) is 41.6 Å². The fraction of sp³-hybridized carbons (Fsp3) is 0.526. The Bertz CT molecular complexity index is 1020. The second kappa shape index (κ2) is 6.30. The van der Waals surface area contributed by atoms with E-state index in [-0.39, 0.29) is 30.2 Å². The van der Waals surface area contributed by atoms with Gasteiger partial charge in [0.05, 0.1) is 11.0 Å². The molecule has 2 atom stereocenters. The number of carbonyl (C=O) groups is 1. The molecule has 1 aromatic carbocycles. The van der Waals surface area contributed by atoms with E-state index in [9.17, 15) is 9.59 Å². The van der Waals surface area contributed by atoms with Crippen LogP contribution in [0.25, 0.3) is 16.8 Å². The largest absolute Gasteiger partial charge is 0.352 e. The zero-order valence-electron chi connectivity index (χ0n) is 15.6. The lowest BCUT2D eigenvalue weighted by Crippen LogP contribution is -2.49. The van der Waals surface area contributed by atoms with Crippen molar-refractivity contribution in [2.45, 2.75) is 65.2 Å². The second-order valence-electron chi connectivity index (χ2n) is 7.24. The molecule has 2 unspecified atom stereocenters. The van der Waals surface area contributed by atoms with Gasteiger partial charge in [0.1, 0.15) is 6.54 Å². The van der Waals surface area contributed by atoms with Crippen LogP contribution in [0.3, 0.4) is 0 Å². The highest BCUT2D eigenvalue weighted by atomic mass is 16.2. The number of amides is 1. The zero-order chi connectivity index (χ0) is 18.4. The fourth-order valence-corrected chi connectivity index (χ4v) is 4.31. The molecule has 4 rings (SSSR count). The molecule has 0 N–H and O–H groups in total. The molecular formula is C19H25N5O2. The second-order valence-corrected chi connectivity index (χ2v) is 7.24. The standard InChI is InChI=1S/C19H25N5O2/c1-4-21-15-10-5-6-11-16(15)24-18(21)20-22(19(24)26)12-17(25)23-13(2)8-7-9-14(23)3/h5-6,10-11,13-14H,4,7-9,12H2,1-3H3. The van der Waals surface area contributed by atoms with Crippen molar-refractivity contribution in [3.63, 3.8) is 0 Å². The van der Waals surface area contributed by atoms with Gasteiger partial charge in [-0.25, -0.2) is 13.9 Å². The monoisotopic (exact) mass is 355 g/mol. The van der Waals surface area contributed by atoms with Crippen LogP contribution in [0, 0.1) is 0 Å². The normalized spacial score (nSPS) is 21.0. The number of aryl methyl sites for hydroxylation is 1. The van der Waals surface area contributed by atoms with Gasteiger partial charge in [0, 0.05) is 18.6 Å². The minimum atomic E-state index is -0.255. The first-order chi connectivity index (χ1) is 12.5. The third-order valence-electron chi connectivity index (χ3n) is 5.56. The molecule has 2 aromatic heterocycles. The van der Waals surface area contributed by atoms with Crippen molar-refractivity contribution < 1.29 is 4.79 Å². The van der Waals surface area contributed by atoms with Crippen LogP contribution in [0.1, 0.15) is 40.0 Å². The third kappa shape index (κ3) is 2.45. The molecule has 138 valence electrons. The van der Waals surface area contributed by atoms with E-state index in [4.69, 9.17) is 0 Å². The maximum atomic E-state index is 12.9. The number of carbonyl (C=O) groups excluding carboxylic acids is 1. The van der Waals surface area contributed by atoms with Crippen LogP contribution in [0.2, 0.25) is 0 Å². The molecule has 0 saturated carbocycles. The van der Waals surface area contributed by atoms with E-state index in [2.05, 4.69) is 18.9 Å². The van der Waals surface area contributed by atoms with E-state index >= 15 is 0 Å². The van der Waals surface area contributed by atoms with Gasteiger partial charge in [0.15, 0.2) is 0 Å². The summed E-state index contributed by atoms with van der Waals surface area (Å²) in [6.07, 6.45) is 3.18. The molecule has 1 aliphatic heterocycles. The Labute approximate surface area is 151 Å². The van der Waals surface area contributed by atoms with E-state index in [1.54, 1.807) is 4.40 Å². The Kier molecular flexibility index (Phi) is 4.09. The summed E-state index contributed by atoms with van der Waals surface area (Å²) in [6, 6.07) is 8.19. The van der Waals surface area contributed by atoms with Crippen LogP contribution in [0.4, 0.5) is 0 Å². The number of hydrogen-bond acceptors (Lipinski definition) is 3. The molecule has 1 aliphatic rings. The van der Waals surface area contributed by atoms with Crippen LogP contribution in [-0.2, 0) is 17.9 Å². The minimum absolute atomic E-state index is 0.00671. The SMILES string of the molecule is CCn1c2ccccc2n2c(=O)n(CC(=O)N3C(C)CCCC3C)nc12. The lowest BCUT2D eigenvalue weighted by molar-refractivity contribution is -0.138. The quantitative estimate of drug-likeness (QED) is 0.724. The lowest BCUT2D eigenvalue weighted by atomic mass is 9.97. The fourth-order valence-electron chi connectivity index (χ4n) is 4.31. The maximum absolute atomic E-state index is 12.9. The average molecular weight is 355 g/mol. The number of piperidine rings is 1. The molecular weight excluding hydrogens is 330 g/mol. The van der Waals surface area contributed by atoms with E-state index in [1.807, 2.05) is 40.7 Å². The molecule has 1 saturated heterocycles. The molecule has 0 radical (unpaired) electrons. The van der Waals surface area contributed by atoms with E-state index < -0.39 is 0 Å². The molecule has 26 heavy (non-hydrogen) atoms. The first kappa shape index (κ1) is 16.9. The highest BCUT2D eigenvalue weighted by Gasteiger charge is 2.30. The summed E-state index contributed by atoms with van der Waals surface area (Å²) in [7, 11) is 0. The van der Waals surface area contributed by atoms with Crippen molar-refractivity contribution in [3.8, 4) is 0 Å². The number of benzene rings is 1. The number of imidazole rings is 1. The summed E-state index contributed by atoms with van der Waals surface area (Å²) in [5, 5.41) is 4.49. The van der Waals surface area contributed by atoms with Crippen LogP contribution in [0.5, 0.6) is 0 Å². The number of rotatable bonds is 3. The van der Waals surface area contributed by atoms with Crippen molar-refractivity contribution in [1.82, 2.24) is 23.6 Å². The lowest BCUT2D eigenvalue weighted by Gasteiger charge is -2.39. The number of nitrogens with zero attached hydrogens (tertiary/aromatic N) is 5. The van der Waals surface area contributed by atoms with Crippen molar-refractivity contribution in [1.29, 1.82) is 0 Å². The Morgan fingerprint density at radius 3 is 2.46 bits per heavy atom. The highest BCUT2D eigenvalue weighted by Crippen LogP contribution is 2.23. The van der Waals surface area contributed by atoms with Gasteiger partial charge in [-0.05, 0) is 52.2 Å². The molecule has 1 fully saturated rings. The van der Waals surface area contributed by atoms with Gasteiger partial charge in [0.2, 0.25) is 11.7 Å². The number of fused-ring (bicyclic) bond motifs is 3. The number of likely N-dealkylation sites (tertiary alicyclic amines) is 1. The highest BCUT2D eigenvalue weighted by molar-refractivity contribution is 5.81. The smallest absolute Gasteiger partial charge is 0.336 e. The van der Waals surface area contributed by atoms with E-state index in [1.165, 1.54) is 4.68 Å². The van der Waals surface area contributed by atoms with Crippen molar-refractivity contribution >= 4 is 22.7 Å². The van der Waals surface area contributed by atoms with Crippen LogP contribution >= 0.6 is 0 Å².